The molecule has 0 saturated carbocycles. The van der Waals surface area contributed by atoms with E-state index in [9.17, 15) is 9.18 Å². The van der Waals surface area contributed by atoms with Crippen LogP contribution in [0.3, 0.4) is 0 Å². The van der Waals surface area contributed by atoms with E-state index in [4.69, 9.17) is 4.74 Å². The van der Waals surface area contributed by atoms with E-state index in [1.165, 1.54) is 23.9 Å². The van der Waals surface area contributed by atoms with Crippen LogP contribution in [-0.4, -0.2) is 37.6 Å². The largest absolute Gasteiger partial charge is 0.465 e. The molecule has 0 saturated heterocycles. The number of halogens is 1. The molecule has 0 spiro atoms. The number of H-pyrrole nitrogens is 1. The molecule has 0 radical (unpaired) electrons. The minimum atomic E-state index is -0.464. The Labute approximate surface area is 171 Å². The number of ether oxygens (including phenoxy) is 1. The van der Waals surface area contributed by atoms with Gasteiger partial charge in [0.05, 0.1) is 6.61 Å². The van der Waals surface area contributed by atoms with Gasteiger partial charge < -0.3 is 9.72 Å². The number of aromatic amines is 1. The van der Waals surface area contributed by atoms with Crippen LogP contribution in [0.4, 0.5) is 4.39 Å². The standard InChI is InChI=1S/C21H19FN4O2S/c1-3-28-20(27)13(2)29-21-25-24-19(26(21)15-10-8-14(22)9-11-15)17-12-23-18-7-5-4-6-16(17)18/h4-13,23H,3H2,1-2H3/t13-/m1/s1. The van der Waals surface area contributed by atoms with Crippen LogP contribution >= 0.6 is 11.8 Å². The van der Waals surface area contributed by atoms with Crippen LogP contribution < -0.4 is 0 Å². The van der Waals surface area contributed by atoms with Crippen molar-refractivity contribution in [2.24, 2.45) is 0 Å². The topological polar surface area (TPSA) is 72.8 Å². The smallest absolute Gasteiger partial charge is 0.319 e. The molecule has 8 heteroatoms. The van der Waals surface area contributed by atoms with Crippen molar-refractivity contribution in [3.05, 3.63) is 60.5 Å². The van der Waals surface area contributed by atoms with Gasteiger partial charge in [0.1, 0.15) is 11.1 Å². The molecule has 29 heavy (non-hydrogen) atoms. The minimum Gasteiger partial charge on any atom is -0.465 e. The van der Waals surface area contributed by atoms with E-state index in [2.05, 4.69) is 15.2 Å². The monoisotopic (exact) mass is 410 g/mol. The summed E-state index contributed by atoms with van der Waals surface area (Å²) in [6, 6.07) is 14.0. The zero-order valence-corrected chi connectivity index (χ0v) is 16.7. The molecule has 0 fully saturated rings. The van der Waals surface area contributed by atoms with Gasteiger partial charge in [-0.1, -0.05) is 30.0 Å². The fourth-order valence-electron chi connectivity index (χ4n) is 3.07. The average molecular weight is 410 g/mol. The molecule has 2 aromatic carbocycles. The fraction of sp³-hybridized carbons (Fsp3) is 0.190. The number of thioether (sulfide) groups is 1. The van der Waals surface area contributed by atoms with Gasteiger partial charge in [0.15, 0.2) is 11.0 Å². The van der Waals surface area contributed by atoms with Crippen molar-refractivity contribution in [2.45, 2.75) is 24.3 Å². The maximum atomic E-state index is 13.5. The van der Waals surface area contributed by atoms with Gasteiger partial charge in [0.2, 0.25) is 0 Å². The quantitative estimate of drug-likeness (QED) is 0.372. The number of hydrogen-bond acceptors (Lipinski definition) is 5. The number of hydrogen-bond donors (Lipinski definition) is 1. The normalized spacial score (nSPS) is 12.2. The molecular weight excluding hydrogens is 391 g/mol. The molecule has 0 aliphatic heterocycles. The van der Waals surface area contributed by atoms with Crippen molar-refractivity contribution in [1.29, 1.82) is 0 Å². The van der Waals surface area contributed by atoms with Crippen LogP contribution in [0.1, 0.15) is 13.8 Å². The van der Waals surface area contributed by atoms with Crippen LogP contribution in [0, 0.1) is 5.82 Å². The number of carbonyl (C=O) groups excluding carboxylic acids is 1. The Morgan fingerprint density at radius 2 is 1.97 bits per heavy atom. The van der Waals surface area contributed by atoms with Crippen molar-refractivity contribution >= 4 is 28.6 Å². The number of carbonyl (C=O) groups is 1. The van der Waals surface area contributed by atoms with Gasteiger partial charge in [-0.25, -0.2) is 4.39 Å². The molecule has 4 rings (SSSR count). The third-order valence-electron chi connectivity index (χ3n) is 4.45. The van der Waals surface area contributed by atoms with Crippen LogP contribution in [-0.2, 0) is 9.53 Å². The van der Waals surface area contributed by atoms with Crippen molar-refractivity contribution in [3.63, 3.8) is 0 Å². The molecule has 2 aromatic heterocycles. The zero-order chi connectivity index (χ0) is 20.4. The van der Waals surface area contributed by atoms with Gasteiger partial charge in [-0.15, -0.1) is 10.2 Å². The first kappa shape index (κ1) is 19.2. The van der Waals surface area contributed by atoms with E-state index in [-0.39, 0.29) is 11.8 Å². The van der Waals surface area contributed by atoms with Crippen molar-refractivity contribution in [1.82, 2.24) is 19.7 Å². The van der Waals surface area contributed by atoms with Crippen LogP contribution in [0.25, 0.3) is 28.0 Å². The summed E-state index contributed by atoms with van der Waals surface area (Å²) in [7, 11) is 0. The van der Waals surface area contributed by atoms with Crippen LogP contribution in [0.15, 0.2) is 59.9 Å². The minimum absolute atomic E-state index is 0.314. The predicted molar refractivity (Wildman–Crippen MR) is 111 cm³/mol. The summed E-state index contributed by atoms with van der Waals surface area (Å²) >= 11 is 1.25. The first-order valence-electron chi connectivity index (χ1n) is 9.19. The van der Waals surface area contributed by atoms with Gasteiger partial charge in [-0.05, 0) is 44.2 Å². The molecule has 1 N–H and O–H groups in total. The molecule has 2 heterocycles. The van der Waals surface area contributed by atoms with E-state index >= 15 is 0 Å². The Balaban J connectivity index is 1.83. The maximum absolute atomic E-state index is 13.5. The number of para-hydroxylation sites is 1. The maximum Gasteiger partial charge on any atom is 0.319 e. The summed E-state index contributed by atoms with van der Waals surface area (Å²) in [4.78, 5) is 15.3. The van der Waals surface area contributed by atoms with Gasteiger partial charge in [0, 0.05) is 28.4 Å². The number of nitrogens with one attached hydrogen (secondary N) is 1. The second-order valence-corrected chi connectivity index (χ2v) is 7.69. The highest BCUT2D eigenvalue weighted by Crippen LogP contribution is 2.33. The molecule has 0 amide bonds. The highest BCUT2D eigenvalue weighted by molar-refractivity contribution is 8.00. The molecule has 1 atom stereocenters. The summed E-state index contributed by atoms with van der Waals surface area (Å²) in [5.41, 5.74) is 2.55. The van der Waals surface area contributed by atoms with E-state index in [0.29, 0.717) is 23.3 Å². The number of benzene rings is 2. The second kappa shape index (κ2) is 8.08. The van der Waals surface area contributed by atoms with E-state index in [0.717, 1.165) is 16.5 Å². The van der Waals surface area contributed by atoms with Gasteiger partial charge in [-0.2, -0.15) is 0 Å². The molecule has 6 nitrogen and oxygen atoms in total. The van der Waals surface area contributed by atoms with Crippen LogP contribution in [0.2, 0.25) is 0 Å². The van der Waals surface area contributed by atoms with Crippen molar-refractivity contribution in [3.8, 4) is 17.1 Å². The summed E-state index contributed by atoms with van der Waals surface area (Å²) in [6.07, 6.45) is 1.87. The lowest BCUT2D eigenvalue weighted by molar-refractivity contribution is -0.142. The lowest BCUT2D eigenvalue weighted by Gasteiger charge is -2.13. The average Bonchev–Trinajstić information content (AvgIpc) is 3.33. The number of rotatable bonds is 6. The highest BCUT2D eigenvalue weighted by atomic mass is 32.2. The Morgan fingerprint density at radius 1 is 1.21 bits per heavy atom. The summed E-state index contributed by atoms with van der Waals surface area (Å²) < 4.78 is 20.4. The van der Waals surface area contributed by atoms with Crippen LogP contribution in [0.5, 0.6) is 0 Å². The Bertz CT molecular complexity index is 1150. The second-order valence-electron chi connectivity index (χ2n) is 6.38. The van der Waals surface area contributed by atoms with E-state index < -0.39 is 5.25 Å². The number of fused-ring (bicyclic) bond motifs is 1. The molecule has 148 valence electrons. The summed E-state index contributed by atoms with van der Waals surface area (Å²) in [5.74, 6) is -0.0445. The van der Waals surface area contributed by atoms with E-state index in [1.54, 1.807) is 26.0 Å². The van der Waals surface area contributed by atoms with Gasteiger partial charge >= 0.3 is 5.97 Å². The number of aromatic nitrogens is 4. The molecule has 0 aliphatic carbocycles. The molecule has 0 unspecified atom stereocenters. The predicted octanol–water partition coefficient (Wildman–Crippen LogP) is 4.60. The molecule has 0 bridgehead atoms. The lowest BCUT2D eigenvalue weighted by Crippen LogP contribution is -2.17. The van der Waals surface area contributed by atoms with Gasteiger partial charge in [-0.3, -0.25) is 9.36 Å². The summed E-state index contributed by atoms with van der Waals surface area (Å²) in [6.45, 7) is 3.85. The highest BCUT2D eigenvalue weighted by Gasteiger charge is 2.23. The van der Waals surface area contributed by atoms with Crippen molar-refractivity contribution < 1.29 is 13.9 Å². The molecular formula is C21H19FN4O2S. The number of esters is 1. The lowest BCUT2D eigenvalue weighted by atomic mass is 10.1. The zero-order valence-electron chi connectivity index (χ0n) is 15.9. The fourth-order valence-corrected chi connectivity index (χ4v) is 3.93. The summed E-state index contributed by atoms with van der Waals surface area (Å²) in [5, 5.41) is 9.77. The Morgan fingerprint density at radius 3 is 2.72 bits per heavy atom. The van der Waals surface area contributed by atoms with E-state index in [1.807, 2.05) is 35.0 Å². The number of nitrogens with zero attached hydrogens (tertiary/aromatic N) is 3. The third-order valence-corrected chi connectivity index (χ3v) is 5.47. The first-order valence-corrected chi connectivity index (χ1v) is 10.1. The molecule has 4 aromatic rings. The SMILES string of the molecule is CCOC(=O)[C@@H](C)Sc1nnc(-c2c[nH]c3ccccc23)n1-c1ccc(F)cc1. The first-order chi connectivity index (χ1) is 14.1. The molecule has 0 aliphatic rings. The Hall–Kier alpha value is -3.13. The van der Waals surface area contributed by atoms with Crippen molar-refractivity contribution in [2.75, 3.05) is 6.61 Å². The van der Waals surface area contributed by atoms with Gasteiger partial charge in [0.25, 0.3) is 0 Å². The third kappa shape index (κ3) is 3.75. The Kier molecular flexibility index (Phi) is 5.35.